The summed E-state index contributed by atoms with van der Waals surface area (Å²) in [6.45, 7) is 10.9. The van der Waals surface area contributed by atoms with E-state index < -0.39 is 11.4 Å². The molecule has 0 radical (unpaired) electrons. The summed E-state index contributed by atoms with van der Waals surface area (Å²) >= 11 is 3.14. The molecule has 15 heavy (non-hydrogen) atoms. The van der Waals surface area contributed by atoms with E-state index >= 15 is 0 Å². The Labute approximate surface area is 95.8 Å². The highest BCUT2D eigenvalue weighted by Gasteiger charge is 2.51. The molecule has 1 heterocycles. The molecule has 0 spiro atoms. The SMILES string of the molecule is [C-]#[N+]C1(c2ncc(Br)cc2F)CC(=C)C1. The lowest BCUT2D eigenvalue weighted by Gasteiger charge is -2.31. The van der Waals surface area contributed by atoms with Crippen LogP contribution in [0.25, 0.3) is 4.85 Å². The molecule has 1 aromatic rings. The van der Waals surface area contributed by atoms with Crippen molar-refractivity contribution in [2.75, 3.05) is 0 Å². The molecule has 1 aromatic heterocycles. The third-order valence-electron chi connectivity index (χ3n) is 2.55. The molecule has 0 bridgehead atoms. The van der Waals surface area contributed by atoms with Crippen molar-refractivity contribution in [3.63, 3.8) is 0 Å². The van der Waals surface area contributed by atoms with Crippen LogP contribution < -0.4 is 0 Å². The minimum absolute atomic E-state index is 0.244. The third kappa shape index (κ3) is 1.57. The Kier molecular flexibility index (Phi) is 2.35. The van der Waals surface area contributed by atoms with Gasteiger partial charge in [0, 0.05) is 10.7 Å². The fourth-order valence-electron chi connectivity index (χ4n) is 1.83. The number of hydrogen-bond acceptors (Lipinski definition) is 1. The molecule has 4 heteroatoms. The molecule has 1 aliphatic carbocycles. The lowest BCUT2D eigenvalue weighted by atomic mass is 9.71. The molecular formula is C11H8BrFN2. The number of hydrogen-bond donors (Lipinski definition) is 0. The largest absolute Gasteiger partial charge is 0.303 e. The Hall–Kier alpha value is -1.21. The molecule has 0 N–H and O–H groups in total. The second kappa shape index (κ2) is 3.42. The minimum Gasteiger partial charge on any atom is -0.303 e. The van der Waals surface area contributed by atoms with Gasteiger partial charge < -0.3 is 4.85 Å². The average molecular weight is 267 g/mol. The summed E-state index contributed by atoms with van der Waals surface area (Å²) in [6, 6.07) is 1.34. The summed E-state index contributed by atoms with van der Waals surface area (Å²) < 4.78 is 14.2. The molecule has 1 fully saturated rings. The highest BCUT2D eigenvalue weighted by atomic mass is 79.9. The van der Waals surface area contributed by atoms with Crippen molar-refractivity contribution in [3.8, 4) is 0 Å². The Balaban J connectivity index is 2.46. The van der Waals surface area contributed by atoms with Crippen LogP contribution in [-0.4, -0.2) is 4.98 Å². The zero-order valence-corrected chi connectivity index (χ0v) is 9.51. The molecule has 0 amide bonds. The van der Waals surface area contributed by atoms with Crippen LogP contribution in [0.15, 0.2) is 28.9 Å². The molecule has 0 atom stereocenters. The van der Waals surface area contributed by atoms with Crippen molar-refractivity contribution in [3.05, 3.63) is 51.8 Å². The Morgan fingerprint density at radius 1 is 1.60 bits per heavy atom. The lowest BCUT2D eigenvalue weighted by molar-refractivity contribution is 0.383. The average Bonchev–Trinajstić information content (AvgIpc) is 2.13. The van der Waals surface area contributed by atoms with Crippen molar-refractivity contribution in [1.82, 2.24) is 4.98 Å². The zero-order valence-electron chi connectivity index (χ0n) is 7.93. The maximum atomic E-state index is 13.6. The standard InChI is InChI=1S/C11H8BrFN2/c1-7-4-11(5-7,14-2)10-9(13)3-8(12)6-15-10/h3,6H,1,4-5H2. The topological polar surface area (TPSA) is 17.2 Å². The highest BCUT2D eigenvalue weighted by Crippen LogP contribution is 2.48. The van der Waals surface area contributed by atoms with Crippen LogP contribution in [0, 0.1) is 12.4 Å². The van der Waals surface area contributed by atoms with E-state index in [4.69, 9.17) is 6.57 Å². The Bertz CT molecular complexity index is 468. The van der Waals surface area contributed by atoms with E-state index in [9.17, 15) is 4.39 Å². The van der Waals surface area contributed by atoms with Crippen LogP contribution in [-0.2, 0) is 5.54 Å². The van der Waals surface area contributed by atoms with Gasteiger partial charge in [-0.05, 0) is 22.0 Å². The van der Waals surface area contributed by atoms with Gasteiger partial charge in [-0.2, -0.15) is 0 Å². The van der Waals surface area contributed by atoms with Gasteiger partial charge in [0.2, 0.25) is 0 Å². The van der Waals surface area contributed by atoms with Crippen LogP contribution in [0.3, 0.4) is 0 Å². The number of rotatable bonds is 1. The van der Waals surface area contributed by atoms with Crippen molar-refractivity contribution < 1.29 is 4.39 Å². The van der Waals surface area contributed by atoms with Gasteiger partial charge in [0.25, 0.3) is 5.54 Å². The van der Waals surface area contributed by atoms with E-state index in [2.05, 4.69) is 32.3 Å². The number of pyridine rings is 1. The minimum atomic E-state index is -0.804. The van der Waals surface area contributed by atoms with Gasteiger partial charge in [0.15, 0.2) is 11.5 Å². The van der Waals surface area contributed by atoms with E-state index in [0.29, 0.717) is 17.3 Å². The predicted molar refractivity (Wildman–Crippen MR) is 58.5 cm³/mol. The molecule has 2 rings (SSSR count). The molecule has 0 unspecified atom stereocenters. The quantitative estimate of drug-likeness (QED) is 0.562. The molecule has 0 aromatic carbocycles. The first kappa shape index (κ1) is 10.3. The first-order valence-corrected chi connectivity index (χ1v) is 5.23. The molecule has 1 saturated carbocycles. The third-order valence-corrected chi connectivity index (χ3v) is 2.98. The maximum Gasteiger partial charge on any atom is 0.284 e. The molecule has 76 valence electrons. The summed E-state index contributed by atoms with van der Waals surface area (Å²) in [6.07, 6.45) is 2.55. The summed E-state index contributed by atoms with van der Waals surface area (Å²) in [5.41, 5.74) is 0.421. The van der Waals surface area contributed by atoms with Gasteiger partial charge in [-0.25, -0.2) is 15.9 Å². The molecule has 2 nitrogen and oxygen atoms in total. The summed E-state index contributed by atoms with van der Waals surface area (Å²) in [4.78, 5) is 7.51. The number of nitrogens with zero attached hydrogens (tertiary/aromatic N) is 2. The monoisotopic (exact) mass is 266 g/mol. The predicted octanol–water partition coefficient (Wildman–Crippen LogP) is 3.45. The Morgan fingerprint density at radius 3 is 2.73 bits per heavy atom. The highest BCUT2D eigenvalue weighted by molar-refractivity contribution is 9.10. The number of aromatic nitrogens is 1. The van der Waals surface area contributed by atoms with Gasteiger partial charge in [0.05, 0.1) is 12.8 Å². The van der Waals surface area contributed by atoms with E-state index in [1.165, 1.54) is 12.3 Å². The fraction of sp³-hybridized carbons (Fsp3) is 0.273. The first-order chi connectivity index (χ1) is 7.07. The number of halogens is 2. The normalized spacial score (nSPS) is 18.1. The Morgan fingerprint density at radius 2 is 2.27 bits per heavy atom. The van der Waals surface area contributed by atoms with Gasteiger partial charge in [0.1, 0.15) is 0 Å². The second-order valence-corrected chi connectivity index (χ2v) is 4.65. The van der Waals surface area contributed by atoms with Crippen LogP contribution in [0.4, 0.5) is 4.39 Å². The first-order valence-electron chi connectivity index (χ1n) is 4.44. The van der Waals surface area contributed by atoms with Crippen molar-refractivity contribution in [2.45, 2.75) is 18.4 Å². The summed E-state index contributed by atoms with van der Waals surface area (Å²) in [5, 5.41) is 0. The second-order valence-electron chi connectivity index (χ2n) is 3.73. The molecule has 1 aliphatic rings. The van der Waals surface area contributed by atoms with Gasteiger partial charge in [-0.3, -0.25) is 0 Å². The maximum absolute atomic E-state index is 13.6. The van der Waals surface area contributed by atoms with E-state index in [-0.39, 0.29) is 5.69 Å². The van der Waals surface area contributed by atoms with Crippen molar-refractivity contribution in [2.24, 2.45) is 0 Å². The molecular weight excluding hydrogens is 259 g/mol. The fourth-order valence-corrected chi connectivity index (χ4v) is 2.14. The lowest BCUT2D eigenvalue weighted by Crippen LogP contribution is -2.34. The van der Waals surface area contributed by atoms with Crippen LogP contribution in [0.5, 0.6) is 0 Å². The zero-order chi connectivity index (χ0) is 11.1. The van der Waals surface area contributed by atoms with E-state index in [1.54, 1.807) is 0 Å². The van der Waals surface area contributed by atoms with Crippen LogP contribution in [0.1, 0.15) is 18.5 Å². The van der Waals surface area contributed by atoms with Crippen LogP contribution in [0.2, 0.25) is 0 Å². The summed E-state index contributed by atoms with van der Waals surface area (Å²) in [7, 11) is 0. The van der Waals surface area contributed by atoms with Gasteiger partial charge >= 0.3 is 0 Å². The van der Waals surface area contributed by atoms with Gasteiger partial charge in [-0.15, -0.1) is 0 Å². The van der Waals surface area contributed by atoms with Crippen molar-refractivity contribution in [1.29, 1.82) is 0 Å². The summed E-state index contributed by atoms with van der Waals surface area (Å²) in [5.74, 6) is -0.423. The molecule has 0 saturated heterocycles. The molecule has 0 aliphatic heterocycles. The smallest absolute Gasteiger partial charge is 0.284 e. The van der Waals surface area contributed by atoms with Gasteiger partial charge in [-0.1, -0.05) is 12.2 Å². The van der Waals surface area contributed by atoms with E-state index in [0.717, 1.165) is 5.57 Å². The van der Waals surface area contributed by atoms with Crippen molar-refractivity contribution >= 4 is 15.9 Å². The van der Waals surface area contributed by atoms with Crippen LogP contribution >= 0.6 is 15.9 Å². The van der Waals surface area contributed by atoms with E-state index in [1.807, 2.05) is 0 Å².